The summed E-state index contributed by atoms with van der Waals surface area (Å²) >= 11 is 5.03. The average molecular weight is 186 g/mol. The van der Waals surface area contributed by atoms with Gasteiger partial charge in [-0.15, -0.1) is 0 Å². The number of allylic oxidation sites excluding steroid dienone is 1. The Morgan fingerprint density at radius 3 is 2.42 bits per heavy atom. The van der Waals surface area contributed by atoms with Crippen LogP contribution in [0.4, 0.5) is 0 Å². The molecule has 0 heterocycles. The van der Waals surface area contributed by atoms with Crippen molar-refractivity contribution < 1.29 is 0 Å². The SMILES string of the molecule is CC(C)=CCNC(=S)NC(C)C. The van der Waals surface area contributed by atoms with Gasteiger partial charge in [0.05, 0.1) is 0 Å². The molecule has 0 aliphatic carbocycles. The van der Waals surface area contributed by atoms with E-state index in [0.29, 0.717) is 6.04 Å². The molecule has 0 amide bonds. The van der Waals surface area contributed by atoms with Crippen molar-refractivity contribution in [3.63, 3.8) is 0 Å². The minimum atomic E-state index is 0.400. The van der Waals surface area contributed by atoms with E-state index in [1.807, 2.05) is 0 Å². The van der Waals surface area contributed by atoms with Gasteiger partial charge >= 0.3 is 0 Å². The molecular formula is C9H18N2S. The van der Waals surface area contributed by atoms with E-state index in [9.17, 15) is 0 Å². The lowest BCUT2D eigenvalue weighted by Gasteiger charge is -2.11. The zero-order valence-corrected chi connectivity index (χ0v) is 9.09. The standard InChI is InChI=1S/C9H18N2S/c1-7(2)5-6-10-9(12)11-8(3)4/h5,8H,6H2,1-4H3,(H2,10,11,12). The number of thiocarbonyl (C=S) groups is 1. The molecule has 3 heteroatoms. The quantitative estimate of drug-likeness (QED) is 0.519. The Bertz CT molecular complexity index is 169. The third-order valence-corrected chi connectivity index (χ3v) is 1.45. The van der Waals surface area contributed by atoms with Crippen LogP contribution in [0.3, 0.4) is 0 Å². The van der Waals surface area contributed by atoms with E-state index in [-0.39, 0.29) is 0 Å². The number of hydrogen-bond acceptors (Lipinski definition) is 1. The van der Waals surface area contributed by atoms with Crippen molar-refractivity contribution in [2.45, 2.75) is 33.7 Å². The second-order valence-corrected chi connectivity index (χ2v) is 3.70. The predicted molar refractivity (Wildman–Crippen MR) is 58.3 cm³/mol. The summed E-state index contributed by atoms with van der Waals surface area (Å²) in [5.41, 5.74) is 1.30. The van der Waals surface area contributed by atoms with E-state index < -0.39 is 0 Å². The lowest BCUT2D eigenvalue weighted by Crippen LogP contribution is -2.39. The maximum atomic E-state index is 5.03. The van der Waals surface area contributed by atoms with Gasteiger partial charge in [0, 0.05) is 12.6 Å². The lowest BCUT2D eigenvalue weighted by atomic mass is 10.3. The van der Waals surface area contributed by atoms with Gasteiger partial charge in [-0.05, 0) is 39.9 Å². The highest BCUT2D eigenvalue weighted by molar-refractivity contribution is 7.80. The first kappa shape index (κ1) is 11.4. The monoisotopic (exact) mass is 186 g/mol. The Balaban J connectivity index is 3.51. The molecule has 0 aromatic heterocycles. The van der Waals surface area contributed by atoms with Crippen LogP contribution in [0.1, 0.15) is 27.7 Å². The molecule has 2 N–H and O–H groups in total. The molecule has 0 aromatic carbocycles. The van der Waals surface area contributed by atoms with Gasteiger partial charge < -0.3 is 10.6 Å². The van der Waals surface area contributed by atoms with Crippen LogP contribution in [0.25, 0.3) is 0 Å². The van der Waals surface area contributed by atoms with Crippen molar-refractivity contribution in [1.82, 2.24) is 10.6 Å². The maximum Gasteiger partial charge on any atom is 0.166 e. The highest BCUT2D eigenvalue weighted by Crippen LogP contribution is 1.85. The smallest absolute Gasteiger partial charge is 0.166 e. The Hall–Kier alpha value is -0.570. The fourth-order valence-corrected chi connectivity index (χ4v) is 0.980. The summed E-state index contributed by atoms with van der Waals surface area (Å²) in [5, 5.41) is 6.92. The van der Waals surface area contributed by atoms with Crippen molar-refractivity contribution in [2.24, 2.45) is 0 Å². The van der Waals surface area contributed by atoms with Gasteiger partial charge in [0.25, 0.3) is 0 Å². The Morgan fingerprint density at radius 2 is 2.00 bits per heavy atom. The molecule has 0 unspecified atom stereocenters. The highest BCUT2D eigenvalue weighted by Gasteiger charge is 1.94. The summed E-state index contributed by atoms with van der Waals surface area (Å²) in [6.07, 6.45) is 2.11. The second kappa shape index (κ2) is 6.00. The average Bonchev–Trinajstić information content (AvgIpc) is 1.84. The molecule has 0 aliphatic rings. The Labute approximate surface area is 80.4 Å². The molecule has 12 heavy (non-hydrogen) atoms. The van der Waals surface area contributed by atoms with E-state index in [1.165, 1.54) is 5.57 Å². The molecular weight excluding hydrogens is 168 g/mol. The molecule has 0 fully saturated rings. The molecule has 0 atom stereocenters. The van der Waals surface area contributed by atoms with E-state index in [0.717, 1.165) is 11.7 Å². The van der Waals surface area contributed by atoms with Gasteiger partial charge in [0.2, 0.25) is 0 Å². The first-order valence-electron chi connectivity index (χ1n) is 4.20. The summed E-state index contributed by atoms with van der Waals surface area (Å²) in [6.45, 7) is 9.08. The van der Waals surface area contributed by atoms with Crippen molar-refractivity contribution in [3.05, 3.63) is 11.6 Å². The van der Waals surface area contributed by atoms with Crippen molar-refractivity contribution in [3.8, 4) is 0 Å². The zero-order chi connectivity index (χ0) is 9.56. The van der Waals surface area contributed by atoms with E-state index >= 15 is 0 Å². The van der Waals surface area contributed by atoms with Crippen molar-refractivity contribution in [1.29, 1.82) is 0 Å². The fourth-order valence-electron chi connectivity index (χ4n) is 0.661. The minimum Gasteiger partial charge on any atom is -0.361 e. The van der Waals surface area contributed by atoms with Crippen LogP contribution in [0.2, 0.25) is 0 Å². The van der Waals surface area contributed by atoms with E-state index in [2.05, 4.69) is 44.4 Å². The molecule has 0 spiro atoms. The Kier molecular flexibility index (Phi) is 5.72. The van der Waals surface area contributed by atoms with Crippen LogP contribution < -0.4 is 10.6 Å². The van der Waals surface area contributed by atoms with Crippen molar-refractivity contribution >= 4 is 17.3 Å². The largest absolute Gasteiger partial charge is 0.361 e. The van der Waals surface area contributed by atoms with Gasteiger partial charge in [-0.2, -0.15) is 0 Å². The maximum absolute atomic E-state index is 5.03. The van der Waals surface area contributed by atoms with E-state index in [4.69, 9.17) is 12.2 Å². The molecule has 0 bridgehead atoms. The van der Waals surface area contributed by atoms with Crippen LogP contribution in [0.5, 0.6) is 0 Å². The number of hydrogen-bond donors (Lipinski definition) is 2. The molecule has 2 nitrogen and oxygen atoms in total. The molecule has 0 aromatic rings. The number of nitrogens with one attached hydrogen (secondary N) is 2. The summed E-state index contributed by atoms with van der Waals surface area (Å²) in [5.74, 6) is 0. The van der Waals surface area contributed by atoms with Crippen LogP contribution in [-0.2, 0) is 0 Å². The summed E-state index contributed by atoms with van der Waals surface area (Å²) in [4.78, 5) is 0. The summed E-state index contributed by atoms with van der Waals surface area (Å²) < 4.78 is 0. The van der Waals surface area contributed by atoms with Crippen molar-refractivity contribution in [2.75, 3.05) is 6.54 Å². The van der Waals surface area contributed by atoms with Gasteiger partial charge in [-0.25, -0.2) is 0 Å². The van der Waals surface area contributed by atoms with Crippen LogP contribution in [0, 0.1) is 0 Å². The second-order valence-electron chi connectivity index (χ2n) is 3.29. The van der Waals surface area contributed by atoms with Crippen LogP contribution >= 0.6 is 12.2 Å². The van der Waals surface area contributed by atoms with Gasteiger partial charge in [-0.1, -0.05) is 11.6 Å². The normalized spacial score (nSPS) is 9.42. The predicted octanol–water partition coefficient (Wildman–Crippen LogP) is 1.83. The van der Waals surface area contributed by atoms with E-state index in [1.54, 1.807) is 0 Å². The third-order valence-electron chi connectivity index (χ3n) is 1.19. The highest BCUT2D eigenvalue weighted by atomic mass is 32.1. The fraction of sp³-hybridized carbons (Fsp3) is 0.667. The van der Waals surface area contributed by atoms with Gasteiger partial charge in [0.1, 0.15) is 0 Å². The number of rotatable bonds is 3. The topological polar surface area (TPSA) is 24.1 Å². The van der Waals surface area contributed by atoms with Gasteiger partial charge in [0.15, 0.2) is 5.11 Å². The molecule has 0 rings (SSSR count). The first-order valence-corrected chi connectivity index (χ1v) is 4.61. The summed E-state index contributed by atoms with van der Waals surface area (Å²) in [6, 6.07) is 0.400. The molecule has 0 radical (unpaired) electrons. The molecule has 0 saturated heterocycles. The van der Waals surface area contributed by atoms with Crippen LogP contribution in [-0.4, -0.2) is 17.7 Å². The van der Waals surface area contributed by atoms with Gasteiger partial charge in [-0.3, -0.25) is 0 Å². The molecule has 0 saturated carbocycles. The third kappa shape index (κ3) is 7.54. The first-order chi connectivity index (χ1) is 5.52. The summed E-state index contributed by atoms with van der Waals surface area (Å²) in [7, 11) is 0. The molecule has 70 valence electrons. The Morgan fingerprint density at radius 1 is 1.42 bits per heavy atom. The van der Waals surface area contributed by atoms with Crippen LogP contribution in [0.15, 0.2) is 11.6 Å². The molecule has 0 aliphatic heterocycles. The lowest BCUT2D eigenvalue weighted by molar-refractivity contribution is 0.721. The zero-order valence-electron chi connectivity index (χ0n) is 8.27. The minimum absolute atomic E-state index is 0.400.